The summed E-state index contributed by atoms with van der Waals surface area (Å²) >= 11 is 0. The van der Waals surface area contributed by atoms with E-state index in [0.717, 1.165) is 5.56 Å². The summed E-state index contributed by atoms with van der Waals surface area (Å²) in [6, 6.07) is 23.1. The molecule has 0 spiro atoms. The fourth-order valence-electron chi connectivity index (χ4n) is 3.55. The molecule has 0 atom stereocenters. The first-order valence-electron chi connectivity index (χ1n) is 9.76. The molecule has 0 fully saturated rings. The number of fused-ring (bicyclic) bond motifs is 1. The van der Waals surface area contributed by atoms with E-state index in [1.807, 2.05) is 36.4 Å². The van der Waals surface area contributed by atoms with Gasteiger partial charge in [0, 0.05) is 17.5 Å². The molecule has 0 radical (unpaired) electrons. The first kappa shape index (κ1) is 20.7. The molecule has 158 valence electrons. The van der Waals surface area contributed by atoms with Crippen molar-refractivity contribution < 1.29 is 22.7 Å². The fourth-order valence-corrected chi connectivity index (χ4v) is 5.04. The number of para-hydroxylation sites is 1. The number of aromatic carboxylic acids is 1. The summed E-state index contributed by atoms with van der Waals surface area (Å²) in [4.78, 5) is 11.4. The number of hydrogen-bond acceptors (Lipinski definition) is 4. The Morgan fingerprint density at radius 2 is 1.61 bits per heavy atom. The van der Waals surface area contributed by atoms with Crippen LogP contribution in [0.4, 0.5) is 5.69 Å². The van der Waals surface area contributed by atoms with Gasteiger partial charge in [0.1, 0.15) is 5.58 Å². The molecule has 3 aromatic carbocycles. The van der Waals surface area contributed by atoms with Crippen LogP contribution in [0.25, 0.3) is 11.0 Å². The van der Waals surface area contributed by atoms with E-state index in [0.29, 0.717) is 28.6 Å². The predicted octanol–water partition coefficient (Wildman–Crippen LogP) is 4.88. The molecule has 4 aromatic rings. The molecule has 0 saturated carbocycles. The van der Waals surface area contributed by atoms with Gasteiger partial charge in [-0.25, -0.2) is 13.2 Å². The van der Waals surface area contributed by atoms with Crippen molar-refractivity contribution in [3.8, 4) is 0 Å². The number of furan rings is 1. The third-order valence-corrected chi connectivity index (χ3v) is 7.00. The summed E-state index contributed by atoms with van der Waals surface area (Å²) in [5.74, 6) is -1.37. The van der Waals surface area contributed by atoms with Gasteiger partial charge in [-0.2, -0.15) is 0 Å². The quantitative estimate of drug-likeness (QED) is 0.447. The van der Waals surface area contributed by atoms with E-state index in [4.69, 9.17) is 4.42 Å². The summed E-state index contributed by atoms with van der Waals surface area (Å²) in [5.41, 5.74) is 2.33. The average molecular weight is 436 g/mol. The molecular weight excluding hydrogens is 414 g/mol. The summed E-state index contributed by atoms with van der Waals surface area (Å²) in [5, 5.41) is 9.76. The van der Waals surface area contributed by atoms with Crippen LogP contribution < -0.4 is 4.31 Å². The summed E-state index contributed by atoms with van der Waals surface area (Å²) in [6.07, 6.45) is 0.547. The predicted molar refractivity (Wildman–Crippen MR) is 119 cm³/mol. The molecule has 0 unspecified atom stereocenters. The van der Waals surface area contributed by atoms with E-state index < -0.39 is 16.0 Å². The lowest BCUT2D eigenvalue weighted by Gasteiger charge is -2.24. The van der Waals surface area contributed by atoms with Crippen LogP contribution >= 0.6 is 0 Å². The van der Waals surface area contributed by atoms with Crippen LogP contribution in [0, 0.1) is 6.92 Å². The molecule has 0 amide bonds. The van der Waals surface area contributed by atoms with Gasteiger partial charge in [-0.3, -0.25) is 4.31 Å². The lowest BCUT2D eigenvalue weighted by molar-refractivity contribution is 0.0664. The van der Waals surface area contributed by atoms with Gasteiger partial charge in [0.05, 0.1) is 10.6 Å². The Labute approximate surface area is 180 Å². The van der Waals surface area contributed by atoms with Crippen molar-refractivity contribution in [1.82, 2.24) is 0 Å². The highest BCUT2D eigenvalue weighted by Crippen LogP contribution is 2.30. The van der Waals surface area contributed by atoms with Gasteiger partial charge >= 0.3 is 5.97 Å². The molecule has 0 aliphatic heterocycles. The van der Waals surface area contributed by atoms with Gasteiger partial charge in [0.25, 0.3) is 10.0 Å². The Morgan fingerprint density at radius 3 is 2.26 bits per heavy atom. The van der Waals surface area contributed by atoms with Crippen molar-refractivity contribution in [3.63, 3.8) is 0 Å². The maximum atomic E-state index is 13.6. The van der Waals surface area contributed by atoms with Gasteiger partial charge in [-0.15, -0.1) is 0 Å². The highest BCUT2D eigenvalue weighted by Gasteiger charge is 2.26. The Kier molecular flexibility index (Phi) is 5.52. The highest BCUT2D eigenvalue weighted by atomic mass is 32.2. The normalized spacial score (nSPS) is 11.5. The zero-order valence-corrected chi connectivity index (χ0v) is 17.7. The van der Waals surface area contributed by atoms with Crippen LogP contribution in [-0.2, 0) is 16.4 Å². The van der Waals surface area contributed by atoms with Crippen LogP contribution in [-0.4, -0.2) is 26.0 Å². The first-order valence-corrected chi connectivity index (χ1v) is 11.2. The molecule has 7 heteroatoms. The van der Waals surface area contributed by atoms with Crippen LogP contribution in [0.3, 0.4) is 0 Å². The second-order valence-corrected chi connectivity index (χ2v) is 9.03. The molecule has 31 heavy (non-hydrogen) atoms. The maximum absolute atomic E-state index is 13.6. The second-order valence-electron chi connectivity index (χ2n) is 7.17. The van der Waals surface area contributed by atoms with Crippen LogP contribution in [0.1, 0.15) is 21.7 Å². The molecule has 1 N–H and O–H groups in total. The number of rotatable bonds is 7. The Hall–Kier alpha value is -3.58. The van der Waals surface area contributed by atoms with Gasteiger partial charge in [0.15, 0.2) is 0 Å². The molecule has 0 aliphatic carbocycles. The summed E-state index contributed by atoms with van der Waals surface area (Å²) < 4.78 is 34.0. The molecule has 0 bridgehead atoms. The van der Waals surface area contributed by atoms with E-state index in [1.54, 1.807) is 31.2 Å². The van der Waals surface area contributed by atoms with Crippen LogP contribution in [0.15, 0.2) is 88.2 Å². The second kappa shape index (κ2) is 8.28. The molecule has 0 aliphatic rings. The van der Waals surface area contributed by atoms with Gasteiger partial charge in [-0.05, 0) is 49.2 Å². The number of hydrogen-bond donors (Lipinski definition) is 1. The summed E-state index contributed by atoms with van der Waals surface area (Å²) in [6.45, 7) is 1.87. The first-order chi connectivity index (χ1) is 14.9. The van der Waals surface area contributed by atoms with Gasteiger partial charge in [-0.1, -0.05) is 48.5 Å². The molecule has 6 nitrogen and oxygen atoms in total. The molecule has 0 saturated heterocycles. The van der Waals surface area contributed by atoms with Crippen molar-refractivity contribution in [2.24, 2.45) is 0 Å². The maximum Gasteiger partial charge on any atom is 0.372 e. The van der Waals surface area contributed by atoms with Crippen LogP contribution in [0.2, 0.25) is 0 Å². The Balaban J connectivity index is 1.76. The van der Waals surface area contributed by atoms with Gasteiger partial charge in [0.2, 0.25) is 5.76 Å². The third-order valence-electron chi connectivity index (χ3n) is 5.18. The monoisotopic (exact) mass is 435 g/mol. The number of aryl methyl sites for hydroxylation is 1. The van der Waals surface area contributed by atoms with E-state index in [2.05, 4.69) is 0 Å². The molecule has 1 aromatic heterocycles. The average Bonchev–Trinajstić information content (AvgIpc) is 3.11. The number of nitrogens with zero attached hydrogens (tertiary/aromatic N) is 1. The number of anilines is 1. The number of carbonyl (C=O) groups is 1. The lowest BCUT2D eigenvalue weighted by atomic mass is 10.1. The number of benzene rings is 3. The van der Waals surface area contributed by atoms with Gasteiger partial charge < -0.3 is 9.52 Å². The van der Waals surface area contributed by atoms with E-state index in [-0.39, 0.29) is 17.2 Å². The van der Waals surface area contributed by atoms with Crippen molar-refractivity contribution in [3.05, 3.63) is 95.7 Å². The SMILES string of the molecule is Cc1c(C(=O)O)oc2ccc(S(=O)(=O)N(CCc3ccccc3)c3ccccc3)cc12. The van der Waals surface area contributed by atoms with E-state index in [1.165, 1.54) is 22.5 Å². The van der Waals surface area contributed by atoms with Crippen molar-refractivity contribution in [1.29, 1.82) is 0 Å². The largest absolute Gasteiger partial charge is 0.475 e. The summed E-state index contributed by atoms with van der Waals surface area (Å²) in [7, 11) is -3.90. The highest BCUT2D eigenvalue weighted by molar-refractivity contribution is 7.92. The minimum Gasteiger partial charge on any atom is -0.475 e. The number of carboxylic acid groups (broad SMARTS) is 1. The standard InChI is InChI=1S/C24H21NO5S/c1-17-21-16-20(12-13-22(21)30-23(17)24(26)27)31(28,29)25(19-10-6-3-7-11-19)15-14-18-8-4-2-5-9-18/h2-13,16H,14-15H2,1H3,(H,26,27). The van der Waals surface area contributed by atoms with Crippen molar-refractivity contribution in [2.45, 2.75) is 18.2 Å². The molecule has 4 rings (SSSR count). The molecular formula is C24H21NO5S. The minimum atomic E-state index is -3.90. The lowest BCUT2D eigenvalue weighted by Crippen LogP contribution is -2.33. The number of sulfonamides is 1. The minimum absolute atomic E-state index is 0.0813. The fraction of sp³-hybridized carbons (Fsp3) is 0.125. The zero-order chi connectivity index (χ0) is 22.0. The molecule has 1 heterocycles. The third kappa shape index (κ3) is 4.04. The Morgan fingerprint density at radius 1 is 0.968 bits per heavy atom. The Bertz CT molecular complexity index is 1330. The van der Waals surface area contributed by atoms with Crippen LogP contribution in [0.5, 0.6) is 0 Å². The topological polar surface area (TPSA) is 87.8 Å². The number of carboxylic acids is 1. The van der Waals surface area contributed by atoms with E-state index >= 15 is 0 Å². The van der Waals surface area contributed by atoms with E-state index in [9.17, 15) is 18.3 Å². The van der Waals surface area contributed by atoms with Crippen molar-refractivity contribution in [2.75, 3.05) is 10.8 Å². The zero-order valence-electron chi connectivity index (χ0n) is 16.9. The smallest absolute Gasteiger partial charge is 0.372 e. The van der Waals surface area contributed by atoms with Crippen molar-refractivity contribution >= 4 is 32.6 Å².